The standard InChI is InChI=1S/C25H18NO.C14H16NSi.Ir/c1-17-16-26-23(15-20(17)13-18-7-3-2-4-8-18)19-11-12-25-22(14-19)21-9-5-6-10-24(21)27-25;1-16(2,3)13-9-10-14(15-11-13)12-7-5-4-6-8-12;/h2-10,12,14-16H,13H2,1H3;4-7,9-11H,1-3H3;/q2*-1;/i1D3,13D2;;. The minimum absolute atomic E-state index is 0. The maximum absolute atomic E-state index is 8.77. The van der Waals surface area contributed by atoms with Crippen molar-refractivity contribution >= 4 is 35.2 Å². The van der Waals surface area contributed by atoms with E-state index in [-0.39, 0.29) is 31.2 Å². The van der Waals surface area contributed by atoms with E-state index >= 15 is 0 Å². The second kappa shape index (κ2) is 13.6. The molecular weight excluding hydrogens is 733 g/mol. The van der Waals surface area contributed by atoms with Crippen LogP contribution in [-0.4, -0.2) is 18.0 Å². The van der Waals surface area contributed by atoms with Crippen LogP contribution in [0.1, 0.15) is 23.5 Å². The Labute approximate surface area is 281 Å². The van der Waals surface area contributed by atoms with Gasteiger partial charge in [-0.2, -0.15) is 0 Å². The summed E-state index contributed by atoms with van der Waals surface area (Å²) in [6, 6.07) is 40.0. The van der Waals surface area contributed by atoms with Crippen molar-refractivity contribution in [2.75, 3.05) is 0 Å². The summed E-state index contributed by atoms with van der Waals surface area (Å²) in [6.45, 7) is 4.49. The van der Waals surface area contributed by atoms with E-state index in [1.807, 2.05) is 60.8 Å². The predicted molar refractivity (Wildman–Crippen MR) is 181 cm³/mol. The van der Waals surface area contributed by atoms with Crippen LogP contribution in [0.2, 0.25) is 19.6 Å². The number of benzene rings is 4. The molecule has 0 amide bonds. The Hall–Kier alpha value is -4.15. The van der Waals surface area contributed by atoms with Gasteiger partial charge in [-0.15, -0.1) is 59.7 Å². The number of rotatable bonds is 5. The molecule has 0 atom stereocenters. The Bertz CT molecular complexity index is 2180. The molecular formula is C39H34IrN2OSi-2. The van der Waals surface area contributed by atoms with Gasteiger partial charge in [0.05, 0.1) is 13.7 Å². The molecule has 4 aromatic carbocycles. The van der Waals surface area contributed by atoms with Gasteiger partial charge in [-0.25, -0.2) is 0 Å². The number of aryl methyl sites for hydroxylation is 1. The zero-order valence-electron chi connectivity index (χ0n) is 29.7. The molecule has 221 valence electrons. The van der Waals surface area contributed by atoms with Crippen LogP contribution in [0.3, 0.4) is 0 Å². The molecule has 3 nitrogen and oxygen atoms in total. The first-order valence-electron chi connectivity index (χ1n) is 16.7. The molecule has 5 heteroatoms. The SMILES string of the molecule is C[Si](C)(C)c1ccc(-c2[c-]cccc2)nc1.[2H]C([2H])([2H])c1cnc(-c2[c-]cc3oc4ccccc4c3c2)cc1C([2H])([2H])c1ccccc1.[Ir]. The normalized spacial score (nSPS) is 13.4. The Kier molecular flexibility index (Phi) is 7.82. The van der Waals surface area contributed by atoms with Gasteiger partial charge in [0.25, 0.3) is 0 Å². The van der Waals surface area contributed by atoms with Gasteiger partial charge in [-0.05, 0) is 52.6 Å². The number of nitrogens with zero attached hydrogens (tertiary/aromatic N) is 2. The van der Waals surface area contributed by atoms with Crippen LogP contribution in [0.25, 0.3) is 44.5 Å². The Morgan fingerprint density at radius 1 is 0.750 bits per heavy atom. The van der Waals surface area contributed by atoms with Crippen LogP contribution in [0, 0.1) is 19.0 Å². The van der Waals surface area contributed by atoms with Crippen LogP contribution >= 0.6 is 0 Å². The van der Waals surface area contributed by atoms with Crippen LogP contribution in [0.5, 0.6) is 0 Å². The van der Waals surface area contributed by atoms with Crippen LogP contribution in [0.4, 0.5) is 0 Å². The Morgan fingerprint density at radius 2 is 1.52 bits per heavy atom. The quantitative estimate of drug-likeness (QED) is 0.129. The third-order valence-electron chi connectivity index (χ3n) is 7.16. The molecule has 1 radical (unpaired) electrons. The van der Waals surface area contributed by atoms with Gasteiger partial charge in [-0.1, -0.05) is 91.8 Å². The molecule has 0 bridgehead atoms. The van der Waals surface area contributed by atoms with E-state index in [9.17, 15) is 0 Å². The number of hydrogen-bond acceptors (Lipinski definition) is 3. The number of aromatic nitrogens is 2. The first-order chi connectivity index (χ1) is 22.8. The van der Waals surface area contributed by atoms with E-state index in [1.54, 1.807) is 36.4 Å². The van der Waals surface area contributed by atoms with E-state index in [2.05, 4.69) is 53.9 Å². The molecule has 0 aliphatic carbocycles. The average molecular weight is 772 g/mol. The summed E-state index contributed by atoms with van der Waals surface area (Å²) >= 11 is 0. The topological polar surface area (TPSA) is 38.9 Å². The van der Waals surface area contributed by atoms with Gasteiger partial charge in [0.15, 0.2) is 0 Å². The second-order valence-electron chi connectivity index (χ2n) is 11.3. The molecule has 3 aromatic heterocycles. The number of hydrogen-bond donors (Lipinski definition) is 0. The first kappa shape index (κ1) is 25.2. The minimum Gasteiger partial charge on any atom is -0.500 e. The van der Waals surface area contributed by atoms with Crippen LogP contribution < -0.4 is 5.19 Å². The van der Waals surface area contributed by atoms with Crippen molar-refractivity contribution in [3.8, 4) is 22.5 Å². The fourth-order valence-corrected chi connectivity index (χ4v) is 5.79. The molecule has 0 saturated heterocycles. The zero-order valence-corrected chi connectivity index (χ0v) is 28.1. The van der Waals surface area contributed by atoms with Crippen molar-refractivity contribution in [3.05, 3.63) is 150 Å². The number of pyridine rings is 2. The molecule has 7 aromatic rings. The number of para-hydroxylation sites is 1. The van der Waals surface area contributed by atoms with Gasteiger partial charge in [0.2, 0.25) is 0 Å². The summed E-state index contributed by atoms with van der Waals surface area (Å²) in [5, 5.41) is 3.24. The zero-order chi connectivity index (χ0) is 34.1. The summed E-state index contributed by atoms with van der Waals surface area (Å²) in [5.41, 5.74) is 4.93. The smallest absolute Gasteiger partial charge is 0.120 e. The van der Waals surface area contributed by atoms with Crippen molar-refractivity contribution in [3.63, 3.8) is 0 Å². The van der Waals surface area contributed by atoms with E-state index in [0.29, 0.717) is 22.4 Å². The van der Waals surface area contributed by atoms with E-state index in [1.165, 1.54) is 17.4 Å². The summed E-state index contributed by atoms with van der Waals surface area (Å²) in [7, 11) is -1.23. The molecule has 0 spiro atoms. The maximum atomic E-state index is 8.77. The summed E-state index contributed by atoms with van der Waals surface area (Å²) in [4.78, 5) is 8.88. The second-order valence-corrected chi connectivity index (χ2v) is 16.4. The van der Waals surface area contributed by atoms with Gasteiger partial charge >= 0.3 is 0 Å². The van der Waals surface area contributed by atoms with Gasteiger partial charge in [0.1, 0.15) is 5.58 Å². The van der Waals surface area contributed by atoms with E-state index in [4.69, 9.17) is 11.3 Å². The number of furan rings is 1. The Morgan fingerprint density at radius 3 is 2.25 bits per heavy atom. The molecule has 44 heavy (non-hydrogen) atoms. The van der Waals surface area contributed by atoms with Crippen molar-refractivity contribution < 1.29 is 31.4 Å². The van der Waals surface area contributed by atoms with Gasteiger partial charge in [-0.3, -0.25) is 0 Å². The van der Waals surface area contributed by atoms with Crippen molar-refractivity contribution in [1.29, 1.82) is 0 Å². The number of fused-ring (bicyclic) bond motifs is 3. The molecule has 3 heterocycles. The molecule has 0 fully saturated rings. The molecule has 7 rings (SSSR count). The largest absolute Gasteiger partial charge is 0.500 e. The fourth-order valence-electron chi connectivity index (χ4n) is 4.75. The van der Waals surface area contributed by atoms with E-state index in [0.717, 1.165) is 27.6 Å². The van der Waals surface area contributed by atoms with Crippen LogP contribution in [0.15, 0.2) is 126 Å². The summed E-state index contributed by atoms with van der Waals surface area (Å²) in [6.07, 6.45) is 1.25. The molecule has 0 saturated carbocycles. The third-order valence-corrected chi connectivity index (χ3v) is 9.19. The first-order valence-corrected chi connectivity index (χ1v) is 17.7. The van der Waals surface area contributed by atoms with Crippen molar-refractivity contribution in [2.24, 2.45) is 0 Å². The Balaban J connectivity index is 0.000000233. The summed E-state index contributed by atoms with van der Waals surface area (Å²) in [5.74, 6) is 0. The van der Waals surface area contributed by atoms with Gasteiger partial charge in [0, 0.05) is 44.7 Å². The van der Waals surface area contributed by atoms with Crippen molar-refractivity contribution in [2.45, 2.75) is 32.9 Å². The van der Waals surface area contributed by atoms with Crippen molar-refractivity contribution in [1.82, 2.24) is 9.97 Å². The third kappa shape index (κ3) is 7.14. The fraction of sp³-hybridized carbons (Fsp3) is 0.128. The molecule has 0 aliphatic rings. The predicted octanol–water partition coefficient (Wildman–Crippen LogP) is 9.44. The van der Waals surface area contributed by atoms with E-state index < -0.39 is 21.3 Å². The molecule has 0 aliphatic heterocycles. The maximum Gasteiger partial charge on any atom is 0.120 e. The summed E-state index contributed by atoms with van der Waals surface area (Å²) < 4.78 is 47.1. The van der Waals surface area contributed by atoms with Gasteiger partial charge < -0.3 is 14.4 Å². The van der Waals surface area contributed by atoms with Crippen LogP contribution in [-0.2, 0) is 26.5 Å². The monoisotopic (exact) mass is 772 g/mol. The molecule has 0 N–H and O–H groups in total. The average Bonchev–Trinajstić information content (AvgIpc) is 3.46. The molecule has 0 unspecified atom stereocenters. The minimum atomic E-state index is -2.50.